The van der Waals surface area contributed by atoms with E-state index in [4.69, 9.17) is 9.47 Å². The Bertz CT molecular complexity index is 548. The molecule has 5 nitrogen and oxygen atoms in total. The zero-order valence-electron chi connectivity index (χ0n) is 13.7. The van der Waals surface area contributed by atoms with Crippen LogP contribution in [0.25, 0.3) is 0 Å². The SMILES string of the molecule is COc1cc(F)c(C(=O)NCC2(C)CCNCC2)cc1OC.Cl. The van der Waals surface area contributed by atoms with Gasteiger partial charge in [0.15, 0.2) is 11.5 Å². The fraction of sp³-hybridized carbons (Fsp3) is 0.562. The van der Waals surface area contributed by atoms with Crippen LogP contribution >= 0.6 is 12.4 Å². The van der Waals surface area contributed by atoms with Crippen molar-refractivity contribution < 1.29 is 18.7 Å². The van der Waals surface area contributed by atoms with E-state index in [1.54, 1.807) is 0 Å². The summed E-state index contributed by atoms with van der Waals surface area (Å²) < 4.78 is 24.2. The van der Waals surface area contributed by atoms with Crippen LogP contribution in [0.4, 0.5) is 4.39 Å². The van der Waals surface area contributed by atoms with Crippen LogP contribution in [0.5, 0.6) is 11.5 Å². The summed E-state index contributed by atoms with van der Waals surface area (Å²) in [5.74, 6) is -0.451. The molecular formula is C16H24ClFN2O3. The summed E-state index contributed by atoms with van der Waals surface area (Å²) in [6, 6.07) is 2.54. The molecule has 0 aliphatic carbocycles. The first kappa shape index (κ1) is 19.5. The third-order valence-corrected chi connectivity index (χ3v) is 4.20. The summed E-state index contributed by atoms with van der Waals surface area (Å²) in [7, 11) is 2.88. The summed E-state index contributed by atoms with van der Waals surface area (Å²) in [5.41, 5.74) is 0.0173. The van der Waals surface area contributed by atoms with Gasteiger partial charge in [-0.2, -0.15) is 0 Å². The number of ether oxygens (including phenoxy) is 2. The lowest BCUT2D eigenvalue weighted by Gasteiger charge is -2.34. The molecule has 1 aromatic carbocycles. The Kier molecular flexibility index (Phi) is 7.09. The molecule has 2 rings (SSSR count). The van der Waals surface area contributed by atoms with Crippen molar-refractivity contribution in [3.05, 3.63) is 23.5 Å². The fourth-order valence-electron chi connectivity index (χ4n) is 2.62. The number of amides is 1. The second-order valence-corrected chi connectivity index (χ2v) is 5.93. The van der Waals surface area contributed by atoms with E-state index in [1.807, 2.05) is 0 Å². The molecule has 1 saturated heterocycles. The molecule has 2 N–H and O–H groups in total. The van der Waals surface area contributed by atoms with E-state index >= 15 is 0 Å². The quantitative estimate of drug-likeness (QED) is 0.859. The highest BCUT2D eigenvalue weighted by molar-refractivity contribution is 5.95. The number of hydrogen-bond donors (Lipinski definition) is 2. The van der Waals surface area contributed by atoms with E-state index in [2.05, 4.69) is 17.6 Å². The van der Waals surface area contributed by atoms with Crippen molar-refractivity contribution in [2.75, 3.05) is 33.9 Å². The van der Waals surface area contributed by atoms with E-state index in [-0.39, 0.29) is 29.1 Å². The zero-order chi connectivity index (χ0) is 16.2. The van der Waals surface area contributed by atoms with Gasteiger partial charge in [0.2, 0.25) is 0 Å². The van der Waals surface area contributed by atoms with Crippen molar-refractivity contribution in [1.29, 1.82) is 0 Å². The van der Waals surface area contributed by atoms with Crippen molar-refractivity contribution >= 4 is 18.3 Å². The largest absolute Gasteiger partial charge is 0.493 e. The Hall–Kier alpha value is -1.53. The van der Waals surface area contributed by atoms with Crippen LogP contribution in [0.1, 0.15) is 30.1 Å². The molecule has 0 bridgehead atoms. The zero-order valence-corrected chi connectivity index (χ0v) is 14.5. The van der Waals surface area contributed by atoms with Crippen molar-refractivity contribution in [3.63, 3.8) is 0 Å². The maximum absolute atomic E-state index is 14.1. The summed E-state index contributed by atoms with van der Waals surface area (Å²) in [4.78, 5) is 12.3. The molecule has 23 heavy (non-hydrogen) atoms. The van der Waals surface area contributed by atoms with Gasteiger partial charge in [-0.1, -0.05) is 6.92 Å². The van der Waals surface area contributed by atoms with Crippen LogP contribution in [-0.4, -0.2) is 39.8 Å². The smallest absolute Gasteiger partial charge is 0.254 e. The van der Waals surface area contributed by atoms with Crippen molar-refractivity contribution in [2.45, 2.75) is 19.8 Å². The number of carbonyl (C=O) groups is 1. The number of benzene rings is 1. The third-order valence-electron chi connectivity index (χ3n) is 4.20. The predicted molar refractivity (Wildman–Crippen MR) is 89.3 cm³/mol. The molecule has 0 unspecified atom stereocenters. The highest BCUT2D eigenvalue weighted by Crippen LogP contribution is 2.30. The van der Waals surface area contributed by atoms with Gasteiger partial charge in [0.1, 0.15) is 5.82 Å². The van der Waals surface area contributed by atoms with Crippen LogP contribution in [0.3, 0.4) is 0 Å². The Labute approximate surface area is 142 Å². The highest BCUT2D eigenvalue weighted by atomic mass is 35.5. The number of halogens is 2. The van der Waals surface area contributed by atoms with Gasteiger partial charge in [-0.15, -0.1) is 12.4 Å². The first-order chi connectivity index (χ1) is 10.5. The van der Waals surface area contributed by atoms with E-state index in [1.165, 1.54) is 26.4 Å². The molecule has 1 amide bonds. The fourth-order valence-corrected chi connectivity index (χ4v) is 2.62. The first-order valence-corrected chi connectivity index (χ1v) is 7.39. The van der Waals surface area contributed by atoms with Crippen molar-refractivity contribution in [3.8, 4) is 11.5 Å². The van der Waals surface area contributed by atoms with Gasteiger partial charge < -0.3 is 20.1 Å². The molecular weight excluding hydrogens is 323 g/mol. The number of carbonyl (C=O) groups excluding carboxylic acids is 1. The molecule has 0 atom stereocenters. The second kappa shape index (κ2) is 8.36. The van der Waals surface area contributed by atoms with E-state index in [9.17, 15) is 9.18 Å². The van der Waals surface area contributed by atoms with Gasteiger partial charge in [0.25, 0.3) is 5.91 Å². The number of nitrogens with one attached hydrogen (secondary N) is 2. The normalized spacial score (nSPS) is 16.2. The van der Waals surface area contributed by atoms with Crippen molar-refractivity contribution in [1.82, 2.24) is 10.6 Å². The molecule has 130 valence electrons. The Morgan fingerprint density at radius 3 is 2.39 bits per heavy atom. The van der Waals surface area contributed by atoms with Crippen LogP contribution in [0.2, 0.25) is 0 Å². The third kappa shape index (κ3) is 4.72. The molecule has 0 spiro atoms. The minimum Gasteiger partial charge on any atom is -0.493 e. The molecule has 0 radical (unpaired) electrons. The lowest BCUT2D eigenvalue weighted by Crippen LogP contribution is -2.43. The molecule has 0 aromatic heterocycles. The van der Waals surface area contributed by atoms with E-state index in [0.717, 1.165) is 25.9 Å². The predicted octanol–water partition coefficient (Wildman–Crippen LogP) is 2.38. The summed E-state index contributed by atoms with van der Waals surface area (Å²) in [6.45, 7) is 4.55. The van der Waals surface area contributed by atoms with Crippen LogP contribution < -0.4 is 20.1 Å². The number of rotatable bonds is 5. The van der Waals surface area contributed by atoms with Gasteiger partial charge >= 0.3 is 0 Å². The summed E-state index contributed by atoms with van der Waals surface area (Å²) >= 11 is 0. The monoisotopic (exact) mass is 346 g/mol. The minimum atomic E-state index is -0.620. The summed E-state index contributed by atoms with van der Waals surface area (Å²) in [5, 5.41) is 6.13. The first-order valence-electron chi connectivity index (χ1n) is 7.39. The second-order valence-electron chi connectivity index (χ2n) is 5.93. The van der Waals surface area contributed by atoms with Crippen LogP contribution in [0.15, 0.2) is 12.1 Å². The molecule has 1 aromatic rings. The molecule has 1 heterocycles. The van der Waals surface area contributed by atoms with Crippen molar-refractivity contribution in [2.24, 2.45) is 5.41 Å². The number of methoxy groups -OCH3 is 2. The standard InChI is InChI=1S/C16H23FN2O3.ClH/c1-16(4-6-18-7-5-16)10-19-15(20)11-8-13(21-2)14(22-3)9-12(11)17;/h8-9,18H,4-7,10H2,1-3H3,(H,19,20);1H. The van der Waals surface area contributed by atoms with Gasteiger partial charge in [0, 0.05) is 12.6 Å². The van der Waals surface area contributed by atoms with E-state index in [0.29, 0.717) is 12.3 Å². The number of piperidine rings is 1. The molecule has 7 heteroatoms. The Morgan fingerprint density at radius 2 is 1.83 bits per heavy atom. The lowest BCUT2D eigenvalue weighted by molar-refractivity contribution is 0.0917. The van der Waals surface area contributed by atoms with Gasteiger partial charge in [-0.05, 0) is 37.4 Å². The Balaban J connectivity index is 0.00000264. The summed E-state index contributed by atoms with van der Waals surface area (Å²) in [6.07, 6.45) is 1.98. The molecule has 1 fully saturated rings. The van der Waals surface area contributed by atoms with Gasteiger partial charge in [0.05, 0.1) is 19.8 Å². The molecule has 1 aliphatic heterocycles. The van der Waals surface area contributed by atoms with Crippen LogP contribution in [-0.2, 0) is 0 Å². The van der Waals surface area contributed by atoms with Crippen LogP contribution in [0, 0.1) is 11.2 Å². The average molecular weight is 347 g/mol. The molecule has 1 aliphatic rings. The highest BCUT2D eigenvalue weighted by Gasteiger charge is 2.27. The Morgan fingerprint density at radius 1 is 1.26 bits per heavy atom. The number of hydrogen-bond acceptors (Lipinski definition) is 4. The average Bonchev–Trinajstić information content (AvgIpc) is 2.53. The van der Waals surface area contributed by atoms with Gasteiger partial charge in [-0.25, -0.2) is 4.39 Å². The minimum absolute atomic E-state index is 0. The lowest BCUT2D eigenvalue weighted by atomic mass is 9.81. The topological polar surface area (TPSA) is 59.6 Å². The maximum atomic E-state index is 14.1. The van der Waals surface area contributed by atoms with E-state index < -0.39 is 11.7 Å². The maximum Gasteiger partial charge on any atom is 0.254 e. The van der Waals surface area contributed by atoms with Gasteiger partial charge in [-0.3, -0.25) is 4.79 Å². The molecule has 0 saturated carbocycles.